The molecule has 4 heteroatoms. The van der Waals surface area contributed by atoms with Crippen LogP contribution < -0.4 is 0 Å². The van der Waals surface area contributed by atoms with Gasteiger partial charge in [-0.05, 0) is 11.1 Å². The average molecular weight is 329 g/mol. The van der Waals surface area contributed by atoms with E-state index in [-0.39, 0.29) is 6.10 Å². The van der Waals surface area contributed by atoms with E-state index in [9.17, 15) is 9.50 Å². The number of benzene rings is 2. The van der Waals surface area contributed by atoms with Crippen LogP contribution in [-0.4, -0.2) is 42.0 Å². The molecule has 1 heterocycles. The number of ether oxygens (including phenoxy) is 1. The van der Waals surface area contributed by atoms with Gasteiger partial charge in [0.2, 0.25) is 0 Å². The Morgan fingerprint density at radius 3 is 2.21 bits per heavy atom. The smallest absolute Gasteiger partial charge is 0.0969 e. The fourth-order valence-electron chi connectivity index (χ4n) is 3.22. The lowest BCUT2D eigenvalue weighted by atomic mass is 9.93. The van der Waals surface area contributed by atoms with Crippen molar-refractivity contribution in [2.24, 2.45) is 5.92 Å². The number of piperidine rings is 1. The highest BCUT2D eigenvalue weighted by atomic mass is 19.1. The third-order valence-corrected chi connectivity index (χ3v) is 4.55. The molecule has 2 aromatic carbocycles. The van der Waals surface area contributed by atoms with Crippen LogP contribution in [0, 0.1) is 5.92 Å². The molecule has 0 amide bonds. The van der Waals surface area contributed by atoms with Crippen molar-refractivity contribution in [3.05, 3.63) is 71.8 Å². The monoisotopic (exact) mass is 329 g/mol. The minimum atomic E-state index is -0.759. The number of likely N-dealkylation sites (tertiary alicyclic amines) is 1. The summed E-state index contributed by atoms with van der Waals surface area (Å²) >= 11 is 0. The number of hydrogen-bond donors (Lipinski definition) is 1. The highest BCUT2D eigenvalue weighted by molar-refractivity contribution is 5.15. The lowest BCUT2D eigenvalue weighted by molar-refractivity contribution is -0.118. The summed E-state index contributed by atoms with van der Waals surface area (Å²) in [5, 5.41) is 10.4. The molecule has 3 nitrogen and oxygen atoms in total. The Balaban J connectivity index is 1.63. The maximum Gasteiger partial charge on any atom is 0.0969 e. The van der Waals surface area contributed by atoms with E-state index in [0.29, 0.717) is 19.7 Å². The van der Waals surface area contributed by atoms with Crippen molar-refractivity contribution in [1.29, 1.82) is 0 Å². The van der Waals surface area contributed by atoms with Crippen molar-refractivity contribution in [3.63, 3.8) is 0 Å². The van der Waals surface area contributed by atoms with Crippen molar-refractivity contribution in [3.8, 4) is 0 Å². The van der Waals surface area contributed by atoms with Crippen LogP contribution >= 0.6 is 0 Å². The van der Waals surface area contributed by atoms with Crippen LogP contribution in [0.4, 0.5) is 4.39 Å². The van der Waals surface area contributed by atoms with Gasteiger partial charge in [0.15, 0.2) is 0 Å². The topological polar surface area (TPSA) is 32.7 Å². The summed E-state index contributed by atoms with van der Waals surface area (Å²) in [5.41, 5.74) is 2.25. The minimum absolute atomic E-state index is 0.372. The van der Waals surface area contributed by atoms with Gasteiger partial charge >= 0.3 is 0 Å². The fraction of sp³-hybridized carbons (Fsp3) is 0.400. The zero-order valence-electron chi connectivity index (χ0n) is 13.7. The van der Waals surface area contributed by atoms with Crippen molar-refractivity contribution < 1.29 is 14.2 Å². The number of alkyl halides is 1. The summed E-state index contributed by atoms with van der Waals surface area (Å²) in [6.45, 7) is 1.81. The Morgan fingerprint density at radius 2 is 1.58 bits per heavy atom. The summed E-state index contributed by atoms with van der Waals surface area (Å²) in [4.78, 5) is 2.17. The number of aliphatic hydroxyl groups excluding tert-OH is 1. The van der Waals surface area contributed by atoms with E-state index in [1.807, 2.05) is 48.5 Å². The summed E-state index contributed by atoms with van der Waals surface area (Å²) in [7, 11) is 0. The van der Waals surface area contributed by atoms with E-state index in [2.05, 4.69) is 17.0 Å². The molecule has 24 heavy (non-hydrogen) atoms. The van der Waals surface area contributed by atoms with Gasteiger partial charge in [-0.15, -0.1) is 0 Å². The molecule has 128 valence electrons. The Kier molecular flexibility index (Phi) is 5.96. The second-order valence-corrected chi connectivity index (χ2v) is 6.42. The molecule has 0 aromatic heterocycles. The SMILES string of the molecule is O[C@@H]1[C@H](CF)CN(Cc2ccccc2)C[C@H]1OCc1ccccc1. The molecule has 3 rings (SSSR count). The van der Waals surface area contributed by atoms with Crippen molar-refractivity contribution in [2.75, 3.05) is 19.8 Å². The zero-order valence-corrected chi connectivity index (χ0v) is 13.7. The molecule has 0 radical (unpaired) electrons. The van der Waals surface area contributed by atoms with E-state index in [1.165, 1.54) is 5.56 Å². The molecule has 2 aromatic rings. The Bertz CT molecular complexity index is 608. The van der Waals surface area contributed by atoms with Crippen LogP contribution in [0.5, 0.6) is 0 Å². The van der Waals surface area contributed by atoms with E-state index in [0.717, 1.165) is 12.1 Å². The normalized spacial score (nSPS) is 24.8. The minimum Gasteiger partial charge on any atom is -0.390 e. The zero-order chi connectivity index (χ0) is 16.8. The van der Waals surface area contributed by atoms with Gasteiger partial charge in [0.05, 0.1) is 25.5 Å². The van der Waals surface area contributed by atoms with E-state index in [4.69, 9.17) is 4.74 Å². The molecule has 1 N–H and O–H groups in total. The van der Waals surface area contributed by atoms with Gasteiger partial charge in [0, 0.05) is 25.6 Å². The van der Waals surface area contributed by atoms with Gasteiger partial charge in [0.1, 0.15) is 0 Å². The first-order valence-electron chi connectivity index (χ1n) is 8.42. The van der Waals surface area contributed by atoms with Gasteiger partial charge in [-0.3, -0.25) is 9.29 Å². The molecule has 0 aliphatic carbocycles. The van der Waals surface area contributed by atoms with Gasteiger partial charge in [-0.25, -0.2) is 0 Å². The molecule has 1 aliphatic heterocycles. The lowest BCUT2D eigenvalue weighted by Crippen LogP contribution is -2.53. The van der Waals surface area contributed by atoms with Crippen molar-refractivity contribution in [1.82, 2.24) is 4.90 Å². The Hall–Kier alpha value is -1.75. The molecule has 0 saturated carbocycles. The molecular weight excluding hydrogens is 305 g/mol. The van der Waals surface area contributed by atoms with E-state index in [1.54, 1.807) is 0 Å². The quantitative estimate of drug-likeness (QED) is 0.884. The number of rotatable bonds is 6. The highest BCUT2D eigenvalue weighted by Gasteiger charge is 2.36. The predicted molar refractivity (Wildman–Crippen MR) is 92.2 cm³/mol. The maximum atomic E-state index is 13.3. The number of hydrogen-bond acceptors (Lipinski definition) is 3. The van der Waals surface area contributed by atoms with Crippen LogP contribution in [0.3, 0.4) is 0 Å². The van der Waals surface area contributed by atoms with Crippen LogP contribution in [-0.2, 0) is 17.9 Å². The van der Waals surface area contributed by atoms with Crippen LogP contribution in [0.15, 0.2) is 60.7 Å². The van der Waals surface area contributed by atoms with Gasteiger partial charge in [-0.1, -0.05) is 60.7 Å². The van der Waals surface area contributed by atoms with Crippen molar-refractivity contribution in [2.45, 2.75) is 25.4 Å². The predicted octanol–water partition coefficient (Wildman–Crippen LogP) is 3.03. The first kappa shape index (κ1) is 17.1. The van der Waals surface area contributed by atoms with Gasteiger partial charge < -0.3 is 9.84 Å². The number of halogens is 1. The summed E-state index contributed by atoms with van der Waals surface area (Å²) in [5.74, 6) is -0.400. The van der Waals surface area contributed by atoms with Crippen LogP contribution in [0.25, 0.3) is 0 Å². The van der Waals surface area contributed by atoms with E-state index < -0.39 is 18.7 Å². The molecule has 1 aliphatic rings. The molecule has 0 unspecified atom stereocenters. The second kappa shape index (κ2) is 8.38. The largest absolute Gasteiger partial charge is 0.390 e. The molecule has 1 saturated heterocycles. The first-order valence-corrected chi connectivity index (χ1v) is 8.42. The molecule has 3 atom stereocenters. The van der Waals surface area contributed by atoms with Gasteiger partial charge in [0.25, 0.3) is 0 Å². The summed E-state index contributed by atoms with van der Waals surface area (Å²) in [6.07, 6.45) is -1.13. The number of nitrogens with zero attached hydrogens (tertiary/aromatic N) is 1. The molecule has 1 fully saturated rings. The Labute approximate surface area is 142 Å². The third kappa shape index (κ3) is 4.41. The second-order valence-electron chi connectivity index (χ2n) is 6.42. The summed E-state index contributed by atoms with van der Waals surface area (Å²) < 4.78 is 19.3. The maximum absolute atomic E-state index is 13.3. The highest BCUT2D eigenvalue weighted by Crippen LogP contribution is 2.23. The van der Waals surface area contributed by atoms with Crippen molar-refractivity contribution >= 4 is 0 Å². The fourth-order valence-corrected chi connectivity index (χ4v) is 3.22. The first-order chi connectivity index (χ1) is 11.8. The Morgan fingerprint density at radius 1 is 0.958 bits per heavy atom. The molecule has 0 spiro atoms. The third-order valence-electron chi connectivity index (χ3n) is 4.55. The number of aliphatic hydroxyl groups is 1. The average Bonchev–Trinajstić information content (AvgIpc) is 2.63. The van der Waals surface area contributed by atoms with E-state index >= 15 is 0 Å². The standard InChI is InChI=1S/C20H24FNO2/c21-11-18-13-22(12-16-7-3-1-4-8-16)14-19(20(18)23)24-15-17-9-5-2-6-10-17/h1-10,18-20,23H,11-15H2/t18-,19-,20-/m1/s1. The molecular formula is C20H24FNO2. The van der Waals surface area contributed by atoms with Crippen LogP contribution in [0.2, 0.25) is 0 Å². The summed E-state index contributed by atoms with van der Waals surface area (Å²) in [6, 6.07) is 20.0. The molecule has 0 bridgehead atoms. The lowest BCUT2D eigenvalue weighted by Gasteiger charge is -2.40. The van der Waals surface area contributed by atoms with Gasteiger partial charge in [-0.2, -0.15) is 0 Å². The van der Waals surface area contributed by atoms with Crippen LogP contribution in [0.1, 0.15) is 11.1 Å².